The van der Waals surface area contributed by atoms with Gasteiger partial charge in [-0.25, -0.2) is 0 Å². The second-order valence-electron chi connectivity index (χ2n) is 3.46. The average Bonchev–Trinajstić information content (AvgIpc) is 2.53. The van der Waals surface area contributed by atoms with Crippen molar-refractivity contribution in [2.45, 2.75) is 33.2 Å². The third kappa shape index (κ3) is 2.30. The fourth-order valence-corrected chi connectivity index (χ4v) is 2.26. The first-order valence-electron chi connectivity index (χ1n) is 4.70. The van der Waals surface area contributed by atoms with Gasteiger partial charge in [-0.05, 0) is 29.9 Å². The molecule has 0 aliphatic heterocycles. The van der Waals surface area contributed by atoms with Crippen LogP contribution in [0.5, 0.6) is 0 Å². The van der Waals surface area contributed by atoms with Gasteiger partial charge < -0.3 is 0 Å². The van der Waals surface area contributed by atoms with Crippen LogP contribution >= 0.6 is 11.3 Å². The Kier molecular flexibility index (Phi) is 3.90. The summed E-state index contributed by atoms with van der Waals surface area (Å²) in [4.78, 5) is 1.36. The molecule has 0 aliphatic carbocycles. The largest absolute Gasteiger partial charge is 0.271 e. The van der Waals surface area contributed by atoms with Gasteiger partial charge in [0.2, 0.25) is 0 Å². The molecule has 1 aromatic rings. The Labute approximate surface area is 84.1 Å². The van der Waals surface area contributed by atoms with Gasteiger partial charge in [0.25, 0.3) is 0 Å². The molecule has 2 unspecified atom stereocenters. The molecule has 1 rings (SSSR count). The van der Waals surface area contributed by atoms with E-state index in [4.69, 9.17) is 5.84 Å². The number of thiophene rings is 1. The zero-order chi connectivity index (χ0) is 9.84. The van der Waals surface area contributed by atoms with Crippen LogP contribution in [0.25, 0.3) is 0 Å². The Balaban J connectivity index is 2.84. The lowest BCUT2D eigenvalue weighted by molar-refractivity contribution is 0.382. The Bertz CT molecular complexity index is 257. The molecule has 0 amide bonds. The van der Waals surface area contributed by atoms with Crippen LogP contribution in [0.3, 0.4) is 0 Å². The van der Waals surface area contributed by atoms with Crippen molar-refractivity contribution in [2.24, 2.45) is 11.8 Å². The fourth-order valence-electron chi connectivity index (χ4n) is 1.51. The van der Waals surface area contributed by atoms with E-state index in [0.29, 0.717) is 12.0 Å². The molecule has 3 heteroatoms. The molecular formula is C10H18N2S. The number of hydrogen-bond acceptors (Lipinski definition) is 3. The van der Waals surface area contributed by atoms with Crippen molar-refractivity contribution in [1.29, 1.82) is 0 Å². The molecule has 2 nitrogen and oxygen atoms in total. The number of hydrazine groups is 1. The predicted octanol–water partition coefficient (Wildman–Crippen LogP) is 2.61. The van der Waals surface area contributed by atoms with E-state index in [0.717, 1.165) is 6.42 Å². The Hall–Kier alpha value is -0.380. The van der Waals surface area contributed by atoms with Gasteiger partial charge in [0.15, 0.2) is 0 Å². The molecule has 0 radical (unpaired) electrons. The van der Waals surface area contributed by atoms with E-state index in [1.807, 2.05) is 0 Å². The lowest BCUT2D eigenvalue weighted by Gasteiger charge is -2.22. The molecule has 1 heterocycles. The van der Waals surface area contributed by atoms with Crippen LogP contribution < -0.4 is 11.3 Å². The number of hydrogen-bond donors (Lipinski definition) is 2. The first kappa shape index (κ1) is 10.7. The zero-order valence-corrected chi connectivity index (χ0v) is 9.32. The van der Waals surface area contributed by atoms with Crippen LogP contribution in [0.1, 0.15) is 36.8 Å². The van der Waals surface area contributed by atoms with Crippen molar-refractivity contribution in [2.75, 3.05) is 0 Å². The summed E-state index contributed by atoms with van der Waals surface area (Å²) in [6.07, 6.45) is 1.14. The van der Waals surface area contributed by atoms with Gasteiger partial charge in [0, 0.05) is 10.9 Å². The van der Waals surface area contributed by atoms with Crippen molar-refractivity contribution >= 4 is 11.3 Å². The minimum absolute atomic E-state index is 0.302. The molecule has 0 saturated heterocycles. The second-order valence-corrected chi connectivity index (χ2v) is 4.58. The van der Waals surface area contributed by atoms with Crippen molar-refractivity contribution in [3.05, 3.63) is 21.9 Å². The molecule has 3 N–H and O–H groups in total. The molecule has 13 heavy (non-hydrogen) atoms. The molecule has 0 aromatic carbocycles. The summed E-state index contributed by atoms with van der Waals surface area (Å²) in [5.74, 6) is 6.15. The van der Waals surface area contributed by atoms with Crippen LogP contribution in [0.4, 0.5) is 0 Å². The van der Waals surface area contributed by atoms with Crippen molar-refractivity contribution in [1.82, 2.24) is 5.43 Å². The summed E-state index contributed by atoms with van der Waals surface area (Å²) in [6.45, 7) is 6.56. The molecule has 0 bridgehead atoms. The summed E-state index contributed by atoms with van der Waals surface area (Å²) < 4.78 is 0. The predicted molar refractivity (Wildman–Crippen MR) is 58.6 cm³/mol. The SMILES string of the molecule is CCC(C)C(NN)c1ccsc1C. The Morgan fingerprint density at radius 2 is 2.31 bits per heavy atom. The summed E-state index contributed by atoms with van der Waals surface area (Å²) in [5, 5.41) is 2.12. The van der Waals surface area contributed by atoms with Crippen LogP contribution in [0, 0.1) is 12.8 Å². The van der Waals surface area contributed by atoms with Gasteiger partial charge in [0.1, 0.15) is 0 Å². The zero-order valence-electron chi connectivity index (χ0n) is 8.50. The highest BCUT2D eigenvalue weighted by Crippen LogP contribution is 2.28. The standard InChI is InChI=1S/C10H18N2S/c1-4-7(2)10(12-11)9-5-6-13-8(9)3/h5-7,10,12H,4,11H2,1-3H3. The number of nitrogens with two attached hydrogens (primary N) is 1. The van der Waals surface area contributed by atoms with E-state index in [9.17, 15) is 0 Å². The van der Waals surface area contributed by atoms with Gasteiger partial charge in [-0.2, -0.15) is 0 Å². The third-order valence-electron chi connectivity index (χ3n) is 2.63. The van der Waals surface area contributed by atoms with E-state index in [2.05, 4.69) is 37.6 Å². The minimum Gasteiger partial charge on any atom is -0.271 e. The maximum Gasteiger partial charge on any atom is 0.0496 e. The van der Waals surface area contributed by atoms with Gasteiger partial charge in [-0.3, -0.25) is 11.3 Å². The summed E-state index contributed by atoms with van der Waals surface area (Å²) in [7, 11) is 0. The normalized spacial score (nSPS) is 15.7. The van der Waals surface area contributed by atoms with Gasteiger partial charge in [-0.1, -0.05) is 20.3 Å². The van der Waals surface area contributed by atoms with Crippen LogP contribution in [0.15, 0.2) is 11.4 Å². The highest BCUT2D eigenvalue weighted by Gasteiger charge is 2.18. The lowest BCUT2D eigenvalue weighted by Crippen LogP contribution is -2.32. The maximum absolute atomic E-state index is 5.56. The summed E-state index contributed by atoms with van der Waals surface area (Å²) >= 11 is 1.78. The Morgan fingerprint density at radius 3 is 2.69 bits per heavy atom. The van der Waals surface area contributed by atoms with Crippen molar-refractivity contribution in [3.8, 4) is 0 Å². The maximum atomic E-state index is 5.56. The van der Waals surface area contributed by atoms with Crippen LogP contribution in [-0.2, 0) is 0 Å². The first-order valence-corrected chi connectivity index (χ1v) is 5.58. The molecule has 74 valence electrons. The van der Waals surface area contributed by atoms with E-state index in [-0.39, 0.29) is 0 Å². The molecule has 2 atom stereocenters. The molecule has 0 saturated carbocycles. The Morgan fingerprint density at radius 1 is 1.62 bits per heavy atom. The van der Waals surface area contributed by atoms with Crippen molar-refractivity contribution in [3.63, 3.8) is 0 Å². The van der Waals surface area contributed by atoms with E-state index >= 15 is 0 Å². The summed E-state index contributed by atoms with van der Waals surface area (Å²) in [6, 6.07) is 2.47. The van der Waals surface area contributed by atoms with Crippen LogP contribution in [0.2, 0.25) is 0 Å². The number of rotatable bonds is 4. The minimum atomic E-state index is 0.302. The molecule has 0 spiro atoms. The molecule has 0 fully saturated rings. The summed E-state index contributed by atoms with van der Waals surface area (Å²) in [5.41, 5.74) is 4.25. The number of aryl methyl sites for hydroxylation is 1. The van der Waals surface area contributed by atoms with Gasteiger partial charge >= 0.3 is 0 Å². The van der Waals surface area contributed by atoms with Gasteiger partial charge in [-0.15, -0.1) is 11.3 Å². The topological polar surface area (TPSA) is 38.0 Å². The first-order chi connectivity index (χ1) is 6.20. The fraction of sp³-hybridized carbons (Fsp3) is 0.600. The monoisotopic (exact) mass is 198 g/mol. The lowest BCUT2D eigenvalue weighted by atomic mass is 9.94. The molecule has 1 aromatic heterocycles. The van der Waals surface area contributed by atoms with Gasteiger partial charge in [0.05, 0.1) is 0 Å². The molecule has 0 aliphatic rings. The molecular weight excluding hydrogens is 180 g/mol. The highest BCUT2D eigenvalue weighted by atomic mass is 32.1. The number of nitrogens with one attached hydrogen (secondary N) is 1. The average molecular weight is 198 g/mol. The van der Waals surface area contributed by atoms with E-state index < -0.39 is 0 Å². The van der Waals surface area contributed by atoms with E-state index in [1.54, 1.807) is 11.3 Å². The third-order valence-corrected chi connectivity index (χ3v) is 3.49. The smallest absolute Gasteiger partial charge is 0.0496 e. The quantitative estimate of drug-likeness (QED) is 0.576. The van der Waals surface area contributed by atoms with E-state index in [1.165, 1.54) is 10.4 Å². The highest BCUT2D eigenvalue weighted by molar-refractivity contribution is 7.10. The van der Waals surface area contributed by atoms with Crippen molar-refractivity contribution < 1.29 is 0 Å². The second kappa shape index (κ2) is 4.74. The van der Waals surface area contributed by atoms with Crippen LogP contribution in [-0.4, -0.2) is 0 Å².